The zero-order valence-corrected chi connectivity index (χ0v) is 35.0. The fraction of sp³-hybridized carbons (Fsp3) is 0.463. The number of nitrogens with one attached hydrogen (secondary N) is 4. The highest BCUT2D eigenvalue weighted by molar-refractivity contribution is 5.82. The Morgan fingerprint density at radius 2 is 1.54 bits per heavy atom. The molecule has 18 heteroatoms. The van der Waals surface area contributed by atoms with E-state index in [0.29, 0.717) is 54.9 Å². The summed E-state index contributed by atoms with van der Waals surface area (Å²) in [4.78, 5) is 64.6. The molecule has 6 rings (SSSR count). The van der Waals surface area contributed by atoms with Gasteiger partial charge in [0.2, 0.25) is 5.91 Å². The van der Waals surface area contributed by atoms with Gasteiger partial charge < -0.3 is 58.7 Å². The van der Waals surface area contributed by atoms with Crippen molar-refractivity contribution in [3.63, 3.8) is 0 Å². The van der Waals surface area contributed by atoms with E-state index in [1.54, 1.807) is 18.2 Å². The average molecular weight is 821 g/mol. The molecule has 0 aliphatic carbocycles. The van der Waals surface area contributed by atoms with Crippen LogP contribution in [-0.2, 0) is 35.1 Å². The first-order chi connectivity index (χ1) is 28.4. The van der Waals surface area contributed by atoms with Gasteiger partial charge in [0.25, 0.3) is 0 Å². The zero-order valence-electron chi connectivity index (χ0n) is 35.0. The highest BCUT2D eigenvalue weighted by Crippen LogP contribution is 2.47. The van der Waals surface area contributed by atoms with Crippen LogP contribution in [0.5, 0.6) is 23.0 Å². The number of alkyl carbamates (subject to hydrolysis) is 2. The molecule has 3 amide bonds. The van der Waals surface area contributed by atoms with Crippen molar-refractivity contribution in [3.8, 4) is 45.5 Å². The highest BCUT2D eigenvalue weighted by atomic mass is 16.6. The van der Waals surface area contributed by atoms with E-state index in [4.69, 9.17) is 18.9 Å². The lowest BCUT2D eigenvalue weighted by Crippen LogP contribution is -2.41. The van der Waals surface area contributed by atoms with Gasteiger partial charge in [0.05, 0.1) is 76.5 Å². The fourth-order valence-corrected chi connectivity index (χ4v) is 5.69. The van der Waals surface area contributed by atoms with E-state index >= 15 is 0 Å². The molecule has 18 nitrogen and oxygen atoms in total. The molecular weight excluding hydrogens is 764 g/mol. The second-order valence-corrected chi connectivity index (χ2v) is 13.9. The summed E-state index contributed by atoms with van der Waals surface area (Å²) in [6, 6.07) is 11.0. The van der Waals surface area contributed by atoms with Crippen LogP contribution in [0.25, 0.3) is 22.5 Å². The third-order valence-corrected chi connectivity index (χ3v) is 9.05. The number of aldehydes is 1. The second-order valence-electron chi connectivity index (χ2n) is 13.9. The van der Waals surface area contributed by atoms with Crippen LogP contribution >= 0.6 is 0 Å². The Balaban J connectivity index is 0.000000473. The maximum absolute atomic E-state index is 12.7. The Morgan fingerprint density at radius 1 is 0.932 bits per heavy atom. The minimum Gasteiger partial charge on any atom is -0.453 e. The van der Waals surface area contributed by atoms with Gasteiger partial charge in [0.1, 0.15) is 24.5 Å². The first-order valence-corrected chi connectivity index (χ1v) is 19.3. The van der Waals surface area contributed by atoms with Crippen LogP contribution in [-0.4, -0.2) is 128 Å². The minimum atomic E-state index is -0.678. The van der Waals surface area contributed by atoms with Gasteiger partial charge in [0.15, 0.2) is 23.0 Å². The second kappa shape index (κ2) is 22.8. The molecular formula is C41H56N8O10. The van der Waals surface area contributed by atoms with Crippen molar-refractivity contribution in [3.05, 3.63) is 60.4 Å². The Hall–Kier alpha value is -5.98. The first kappa shape index (κ1) is 45.7. The van der Waals surface area contributed by atoms with E-state index in [1.165, 1.54) is 20.6 Å². The summed E-state index contributed by atoms with van der Waals surface area (Å²) in [5.74, 6) is 3.59. The first-order valence-electron chi connectivity index (χ1n) is 19.3. The van der Waals surface area contributed by atoms with Crippen LogP contribution in [0.1, 0.15) is 51.8 Å². The summed E-state index contributed by atoms with van der Waals surface area (Å²) < 4.78 is 32.1. The topological polar surface area (TPSA) is 212 Å². The SMILES string of the molecule is CCC.COC(=O)NC(C=O)C(C)C.COCCN(Cc1ncc(-c2ccc3c(c2)Oc2ccc(-c4cnc(C5COCCN5C)[nH]4)cc2O3)[nH]1)C(=O)CNC(=O)OC. The van der Waals surface area contributed by atoms with Crippen molar-refractivity contribution >= 4 is 24.4 Å². The number of nitrogens with zero attached hydrogens (tertiary/aromatic N) is 4. The predicted octanol–water partition coefficient (Wildman–Crippen LogP) is 5.68. The molecule has 1 fully saturated rings. The van der Waals surface area contributed by atoms with E-state index in [0.717, 1.165) is 41.5 Å². The molecule has 2 aromatic carbocycles. The van der Waals surface area contributed by atoms with Crippen molar-refractivity contribution in [1.29, 1.82) is 0 Å². The number of benzene rings is 2. The van der Waals surface area contributed by atoms with Crippen LogP contribution < -0.4 is 20.1 Å². The van der Waals surface area contributed by atoms with Crippen LogP contribution in [0.15, 0.2) is 48.8 Å². The number of amides is 3. The monoisotopic (exact) mass is 820 g/mol. The minimum absolute atomic E-state index is 0.0872. The Bertz CT molecular complexity index is 1980. The number of carbonyl (C=O) groups excluding carboxylic acids is 4. The normalized spacial score (nSPS) is 14.6. The standard InChI is InChI=1S/C31H35N7O7.C7H13NO3.C3H8/c1-37-8-11-43-18-23(37)30-33-15-22(36-30)20-5-7-25-27(13-20)45-24-6-4-19(12-26(24)44-25)21-14-32-28(35-21)17-38(9-10-41-2)29(39)16-34-31(40)42-3;1-5(2)6(4-9)8-7(10)11-3;1-3-2/h4-7,12-15,23H,8-11,16-18H2,1-3H3,(H,32,35)(H,33,36)(H,34,40);4-6H,1-3H3,(H,8,10);3H2,1-2H3. The van der Waals surface area contributed by atoms with Crippen molar-refractivity contribution < 1.29 is 47.6 Å². The van der Waals surface area contributed by atoms with Crippen LogP contribution in [0.3, 0.4) is 0 Å². The van der Waals surface area contributed by atoms with E-state index < -0.39 is 18.2 Å². The molecule has 2 aliphatic heterocycles. The van der Waals surface area contributed by atoms with Gasteiger partial charge in [-0.25, -0.2) is 19.6 Å². The highest BCUT2D eigenvalue weighted by Gasteiger charge is 2.26. The number of methoxy groups -OCH3 is 3. The van der Waals surface area contributed by atoms with Gasteiger partial charge in [-0.15, -0.1) is 0 Å². The average Bonchev–Trinajstić information content (AvgIpc) is 3.93. The smallest absolute Gasteiger partial charge is 0.407 e. The number of hydrogen-bond donors (Lipinski definition) is 4. The van der Waals surface area contributed by atoms with E-state index in [9.17, 15) is 19.2 Å². The van der Waals surface area contributed by atoms with Gasteiger partial charge in [0, 0.05) is 31.3 Å². The molecule has 4 aromatic rings. The van der Waals surface area contributed by atoms with Crippen LogP contribution in [0, 0.1) is 5.92 Å². The van der Waals surface area contributed by atoms with Crippen molar-refractivity contribution in [2.75, 3.05) is 67.8 Å². The van der Waals surface area contributed by atoms with Gasteiger partial charge in [-0.2, -0.15) is 0 Å². The number of morpholine rings is 1. The molecule has 4 heterocycles. The van der Waals surface area contributed by atoms with E-state index in [2.05, 4.69) is 65.8 Å². The van der Waals surface area contributed by atoms with Gasteiger partial charge in [-0.05, 0) is 49.4 Å². The number of rotatable bonds is 13. The van der Waals surface area contributed by atoms with Crippen LogP contribution in [0.4, 0.5) is 9.59 Å². The van der Waals surface area contributed by atoms with Gasteiger partial charge in [-0.1, -0.05) is 34.1 Å². The zero-order chi connectivity index (χ0) is 42.9. The maximum Gasteiger partial charge on any atom is 0.407 e. The summed E-state index contributed by atoms with van der Waals surface area (Å²) in [6.07, 6.45) is 4.22. The molecule has 4 N–H and O–H groups in total. The van der Waals surface area contributed by atoms with E-state index in [1.807, 2.05) is 56.4 Å². The molecule has 2 atom stereocenters. The number of aromatic nitrogens is 4. The number of imidazole rings is 2. The Labute approximate surface area is 344 Å². The van der Waals surface area contributed by atoms with Crippen molar-refractivity contribution in [2.24, 2.45) is 5.92 Å². The van der Waals surface area contributed by atoms with Gasteiger partial charge in [-0.3, -0.25) is 9.69 Å². The predicted molar refractivity (Wildman–Crippen MR) is 218 cm³/mol. The number of hydrogen-bond acceptors (Lipinski definition) is 13. The van der Waals surface area contributed by atoms with E-state index in [-0.39, 0.29) is 31.0 Å². The summed E-state index contributed by atoms with van der Waals surface area (Å²) in [7, 11) is 6.13. The quantitative estimate of drug-likeness (QED) is 0.106. The lowest BCUT2D eigenvalue weighted by atomic mass is 10.1. The molecule has 0 bridgehead atoms. The molecule has 2 aromatic heterocycles. The Kier molecular flexibility index (Phi) is 17.7. The Morgan fingerprint density at radius 3 is 2.10 bits per heavy atom. The number of fused-ring (bicyclic) bond motifs is 2. The largest absolute Gasteiger partial charge is 0.453 e. The number of H-pyrrole nitrogens is 2. The molecule has 2 aliphatic rings. The molecule has 0 radical (unpaired) electrons. The van der Waals surface area contributed by atoms with Gasteiger partial charge >= 0.3 is 12.2 Å². The number of aromatic amines is 2. The lowest BCUT2D eigenvalue weighted by Gasteiger charge is -2.30. The summed E-state index contributed by atoms with van der Waals surface area (Å²) in [5, 5.41) is 4.79. The molecule has 0 spiro atoms. The molecule has 0 saturated carbocycles. The summed E-state index contributed by atoms with van der Waals surface area (Å²) in [6.45, 7) is 10.8. The summed E-state index contributed by atoms with van der Waals surface area (Å²) in [5.41, 5.74) is 3.39. The lowest BCUT2D eigenvalue weighted by molar-refractivity contribution is -0.131. The molecule has 1 saturated heterocycles. The van der Waals surface area contributed by atoms with Crippen molar-refractivity contribution in [1.82, 2.24) is 40.4 Å². The molecule has 2 unspecified atom stereocenters. The maximum atomic E-state index is 12.7. The summed E-state index contributed by atoms with van der Waals surface area (Å²) >= 11 is 0. The molecule has 320 valence electrons. The number of carbonyl (C=O) groups is 4. The van der Waals surface area contributed by atoms with Crippen LogP contribution in [0.2, 0.25) is 0 Å². The van der Waals surface area contributed by atoms with Crippen molar-refractivity contribution in [2.45, 2.75) is 52.7 Å². The fourth-order valence-electron chi connectivity index (χ4n) is 5.69. The number of ether oxygens (including phenoxy) is 6. The number of likely N-dealkylation sites (N-methyl/N-ethyl adjacent to an activating group) is 1. The third kappa shape index (κ3) is 13.0. The third-order valence-electron chi connectivity index (χ3n) is 9.05. The molecule has 59 heavy (non-hydrogen) atoms.